The first-order valence-corrected chi connectivity index (χ1v) is 8.04. The molecule has 1 aliphatic heterocycles. The maximum atomic E-state index is 12.4. The molecule has 1 spiro atoms. The molecule has 2 saturated carbocycles. The zero-order valence-electron chi connectivity index (χ0n) is 12.3. The zero-order chi connectivity index (χ0) is 14.9. The smallest absolute Gasteiger partial charge is 0.325 e. The molecule has 21 heavy (non-hydrogen) atoms. The van der Waals surface area contributed by atoms with Crippen molar-refractivity contribution in [1.29, 1.82) is 0 Å². The monoisotopic (exact) mass is 293 g/mol. The van der Waals surface area contributed by atoms with Gasteiger partial charge in [-0.05, 0) is 25.7 Å². The number of nitrogens with zero attached hydrogens (tertiary/aromatic N) is 1. The van der Waals surface area contributed by atoms with Crippen LogP contribution in [0.1, 0.15) is 57.8 Å². The Morgan fingerprint density at radius 1 is 1.14 bits per heavy atom. The van der Waals surface area contributed by atoms with Gasteiger partial charge in [0, 0.05) is 6.04 Å². The summed E-state index contributed by atoms with van der Waals surface area (Å²) in [6.07, 6.45) is 8.78. The van der Waals surface area contributed by atoms with Crippen LogP contribution in [0.2, 0.25) is 0 Å². The Labute approximate surface area is 124 Å². The molecule has 0 radical (unpaired) electrons. The van der Waals surface area contributed by atoms with Crippen LogP contribution in [0.3, 0.4) is 0 Å². The van der Waals surface area contributed by atoms with Crippen LogP contribution in [-0.2, 0) is 9.59 Å². The van der Waals surface area contributed by atoms with Crippen LogP contribution in [0.25, 0.3) is 0 Å². The normalized spacial score (nSPS) is 25.4. The van der Waals surface area contributed by atoms with Gasteiger partial charge in [0.25, 0.3) is 5.91 Å². The van der Waals surface area contributed by atoms with Crippen molar-refractivity contribution < 1.29 is 14.4 Å². The van der Waals surface area contributed by atoms with Crippen molar-refractivity contribution in [2.24, 2.45) is 0 Å². The Kier molecular flexibility index (Phi) is 3.87. The Hall–Kier alpha value is -1.59. The molecule has 3 rings (SSSR count). The minimum absolute atomic E-state index is 0.150. The molecular weight excluding hydrogens is 270 g/mol. The van der Waals surface area contributed by atoms with E-state index >= 15 is 0 Å². The van der Waals surface area contributed by atoms with Crippen molar-refractivity contribution in [2.45, 2.75) is 69.4 Å². The standard InChI is InChI=1S/C15H23N3O3/c19-12(16-11-6-2-1-3-7-11)10-18-13(20)15(17-14(18)21)8-4-5-9-15/h11H,1-10H2,(H,16,19)(H,17,21). The highest BCUT2D eigenvalue weighted by Crippen LogP contribution is 2.34. The lowest BCUT2D eigenvalue weighted by atomic mass is 9.95. The van der Waals surface area contributed by atoms with E-state index in [-0.39, 0.29) is 24.4 Å². The largest absolute Gasteiger partial charge is 0.352 e. The predicted molar refractivity (Wildman–Crippen MR) is 76.5 cm³/mol. The summed E-state index contributed by atoms with van der Waals surface area (Å²) in [7, 11) is 0. The average molecular weight is 293 g/mol. The van der Waals surface area contributed by atoms with Crippen molar-refractivity contribution in [3.05, 3.63) is 0 Å². The molecule has 0 aromatic heterocycles. The Balaban J connectivity index is 1.58. The summed E-state index contributed by atoms with van der Waals surface area (Å²) >= 11 is 0. The molecule has 3 aliphatic rings. The van der Waals surface area contributed by atoms with Crippen molar-refractivity contribution in [1.82, 2.24) is 15.5 Å². The lowest BCUT2D eigenvalue weighted by Gasteiger charge is -2.24. The van der Waals surface area contributed by atoms with Crippen molar-refractivity contribution >= 4 is 17.8 Å². The first-order valence-electron chi connectivity index (χ1n) is 8.04. The quantitative estimate of drug-likeness (QED) is 0.770. The van der Waals surface area contributed by atoms with E-state index in [0.717, 1.165) is 43.4 Å². The van der Waals surface area contributed by atoms with Gasteiger partial charge in [-0.3, -0.25) is 14.5 Å². The van der Waals surface area contributed by atoms with E-state index in [1.807, 2.05) is 0 Å². The summed E-state index contributed by atoms with van der Waals surface area (Å²) in [4.78, 5) is 37.6. The molecule has 4 amide bonds. The van der Waals surface area contributed by atoms with E-state index in [4.69, 9.17) is 0 Å². The minimum atomic E-state index is -0.720. The van der Waals surface area contributed by atoms with Crippen molar-refractivity contribution in [3.8, 4) is 0 Å². The number of amides is 4. The number of imide groups is 1. The summed E-state index contributed by atoms with van der Waals surface area (Å²) in [6, 6.07) is -0.215. The maximum absolute atomic E-state index is 12.4. The van der Waals surface area contributed by atoms with Gasteiger partial charge in [0.15, 0.2) is 0 Å². The molecule has 2 aliphatic carbocycles. The summed E-state index contributed by atoms with van der Waals surface area (Å²) in [5, 5.41) is 5.75. The van der Waals surface area contributed by atoms with Crippen LogP contribution in [0.5, 0.6) is 0 Å². The molecule has 6 heteroatoms. The van der Waals surface area contributed by atoms with Gasteiger partial charge in [-0.1, -0.05) is 32.1 Å². The average Bonchev–Trinajstić information content (AvgIpc) is 3.02. The second kappa shape index (κ2) is 5.66. The predicted octanol–water partition coefficient (Wildman–Crippen LogP) is 1.30. The summed E-state index contributed by atoms with van der Waals surface area (Å²) in [5.74, 6) is -0.441. The van der Waals surface area contributed by atoms with E-state index in [1.54, 1.807) is 0 Å². The summed E-state index contributed by atoms with van der Waals surface area (Å²) < 4.78 is 0. The van der Waals surface area contributed by atoms with Crippen molar-refractivity contribution in [2.75, 3.05) is 6.54 Å². The van der Waals surface area contributed by atoms with Gasteiger partial charge in [-0.15, -0.1) is 0 Å². The summed E-state index contributed by atoms with van der Waals surface area (Å²) in [5.41, 5.74) is -0.720. The molecule has 2 N–H and O–H groups in total. The maximum Gasteiger partial charge on any atom is 0.325 e. The van der Waals surface area contributed by atoms with Gasteiger partial charge in [0.05, 0.1) is 0 Å². The second-order valence-corrected chi connectivity index (χ2v) is 6.51. The third-order valence-corrected chi connectivity index (χ3v) is 4.98. The van der Waals surface area contributed by atoms with Gasteiger partial charge < -0.3 is 10.6 Å². The first-order chi connectivity index (χ1) is 10.1. The molecule has 0 atom stereocenters. The molecule has 0 unspecified atom stereocenters. The lowest BCUT2D eigenvalue weighted by molar-refractivity contribution is -0.135. The van der Waals surface area contributed by atoms with Gasteiger partial charge in [0.1, 0.15) is 12.1 Å². The molecule has 0 aromatic rings. The van der Waals surface area contributed by atoms with E-state index in [0.29, 0.717) is 12.8 Å². The van der Waals surface area contributed by atoms with Crippen LogP contribution >= 0.6 is 0 Å². The van der Waals surface area contributed by atoms with Gasteiger partial charge >= 0.3 is 6.03 Å². The van der Waals surface area contributed by atoms with E-state index in [9.17, 15) is 14.4 Å². The van der Waals surface area contributed by atoms with E-state index in [2.05, 4.69) is 10.6 Å². The van der Waals surface area contributed by atoms with Crippen LogP contribution in [-0.4, -0.2) is 40.9 Å². The molecule has 3 fully saturated rings. The zero-order valence-corrected chi connectivity index (χ0v) is 12.3. The van der Waals surface area contributed by atoms with E-state index < -0.39 is 11.6 Å². The Bertz CT molecular complexity index is 451. The molecule has 116 valence electrons. The molecule has 1 saturated heterocycles. The second-order valence-electron chi connectivity index (χ2n) is 6.51. The van der Waals surface area contributed by atoms with Crippen LogP contribution in [0.15, 0.2) is 0 Å². The highest BCUT2D eigenvalue weighted by Gasteiger charge is 2.52. The third kappa shape index (κ3) is 2.76. The number of hydrogen-bond donors (Lipinski definition) is 2. The fourth-order valence-electron chi connectivity index (χ4n) is 3.80. The highest BCUT2D eigenvalue weighted by atomic mass is 16.2. The molecule has 1 heterocycles. The van der Waals surface area contributed by atoms with Gasteiger partial charge in [-0.25, -0.2) is 4.79 Å². The van der Waals surface area contributed by atoms with E-state index in [1.165, 1.54) is 6.42 Å². The molecule has 6 nitrogen and oxygen atoms in total. The fourth-order valence-corrected chi connectivity index (χ4v) is 3.80. The summed E-state index contributed by atoms with van der Waals surface area (Å²) in [6.45, 7) is -0.150. The number of carbonyl (C=O) groups excluding carboxylic acids is 3. The van der Waals surface area contributed by atoms with Crippen LogP contribution in [0, 0.1) is 0 Å². The van der Waals surface area contributed by atoms with Gasteiger partial charge in [0.2, 0.25) is 5.91 Å². The fraction of sp³-hybridized carbons (Fsp3) is 0.800. The topological polar surface area (TPSA) is 78.5 Å². The lowest BCUT2D eigenvalue weighted by Crippen LogP contribution is -2.46. The van der Waals surface area contributed by atoms with Crippen molar-refractivity contribution in [3.63, 3.8) is 0 Å². The Morgan fingerprint density at radius 2 is 1.81 bits per heavy atom. The number of rotatable bonds is 3. The number of nitrogens with one attached hydrogen (secondary N) is 2. The Morgan fingerprint density at radius 3 is 2.48 bits per heavy atom. The molecular formula is C15H23N3O3. The number of hydrogen-bond acceptors (Lipinski definition) is 3. The first kappa shape index (κ1) is 14.4. The molecule has 0 bridgehead atoms. The number of carbonyl (C=O) groups is 3. The third-order valence-electron chi connectivity index (χ3n) is 4.98. The van der Waals surface area contributed by atoms with Gasteiger partial charge in [-0.2, -0.15) is 0 Å². The highest BCUT2D eigenvalue weighted by molar-refractivity contribution is 6.09. The van der Waals surface area contributed by atoms with Crippen LogP contribution < -0.4 is 10.6 Å². The molecule has 0 aromatic carbocycles. The SMILES string of the molecule is O=C(CN1C(=O)NC2(CCCC2)C1=O)NC1CCCCC1. The minimum Gasteiger partial charge on any atom is -0.352 e. The van der Waals surface area contributed by atoms with Crippen LogP contribution in [0.4, 0.5) is 4.79 Å². The number of urea groups is 1.